The normalized spacial score (nSPS) is 12.2. The Morgan fingerprint density at radius 3 is 2.76 bits per heavy atom. The minimum Gasteiger partial charge on any atom is -0.496 e. The number of hydrogen-bond donors (Lipinski definition) is 1. The molecule has 17 heavy (non-hydrogen) atoms. The van der Waals surface area contributed by atoms with Gasteiger partial charge in [0.1, 0.15) is 5.75 Å². The maximum atomic E-state index is 11.9. The van der Waals surface area contributed by atoms with Crippen LogP contribution in [0.5, 0.6) is 5.75 Å². The molecule has 1 atom stereocenters. The van der Waals surface area contributed by atoms with Gasteiger partial charge in [0.05, 0.1) is 13.2 Å². The fraction of sp³-hybridized carbons (Fsp3) is 0.500. The van der Waals surface area contributed by atoms with Gasteiger partial charge in [0.15, 0.2) is 5.78 Å². The molecule has 0 aliphatic carbocycles. The second-order valence-corrected chi connectivity index (χ2v) is 4.35. The summed E-state index contributed by atoms with van der Waals surface area (Å²) in [5.41, 5.74) is 7.84. The Hall–Kier alpha value is -1.35. The molecule has 0 saturated carbocycles. The number of benzene rings is 1. The maximum absolute atomic E-state index is 11.9. The fourth-order valence-electron chi connectivity index (χ4n) is 1.79. The van der Waals surface area contributed by atoms with E-state index in [2.05, 4.69) is 0 Å². The molecular formula is C14H21NO2. The number of ether oxygens (including phenoxy) is 1. The minimum atomic E-state index is -0.356. The molecule has 0 fully saturated rings. The third-order valence-electron chi connectivity index (χ3n) is 2.82. The second kappa shape index (κ2) is 6.40. The molecule has 1 aromatic carbocycles. The van der Waals surface area contributed by atoms with E-state index < -0.39 is 0 Å². The predicted molar refractivity (Wildman–Crippen MR) is 69.3 cm³/mol. The van der Waals surface area contributed by atoms with E-state index in [1.165, 1.54) is 0 Å². The Kier molecular flexibility index (Phi) is 5.16. The Bertz CT molecular complexity index is 388. The summed E-state index contributed by atoms with van der Waals surface area (Å²) in [4.78, 5) is 11.9. The standard InChI is InChI=1S/C14H21NO2/c1-4-5-12(15)13(16)9-11-7-6-10(2)8-14(11)17-3/h6-8,12H,4-5,9,15H2,1-3H3. The van der Waals surface area contributed by atoms with Crippen LogP contribution < -0.4 is 10.5 Å². The fourth-order valence-corrected chi connectivity index (χ4v) is 1.79. The average molecular weight is 235 g/mol. The molecule has 0 bridgehead atoms. The highest BCUT2D eigenvalue weighted by Crippen LogP contribution is 2.21. The lowest BCUT2D eigenvalue weighted by atomic mass is 10.00. The van der Waals surface area contributed by atoms with E-state index in [0.29, 0.717) is 6.42 Å². The lowest BCUT2D eigenvalue weighted by Gasteiger charge is -2.12. The van der Waals surface area contributed by atoms with E-state index in [-0.39, 0.29) is 11.8 Å². The molecule has 1 aromatic rings. The van der Waals surface area contributed by atoms with Crippen molar-refractivity contribution < 1.29 is 9.53 Å². The van der Waals surface area contributed by atoms with Gasteiger partial charge in [-0.25, -0.2) is 0 Å². The zero-order valence-electron chi connectivity index (χ0n) is 10.8. The van der Waals surface area contributed by atoms with E-state index >= 15 is 0 Å². The van der Waals surface area contributed by atoms with Gasteiger partial charge in [-0.15, -0.1) is 0 Å². The van der Waals surface area contributed by atoms with Gasteiger partial charge in [0.2, 0.25) is 0 Å². The number of carbonyl (C=O) groups excluding carboxylic acids is 1. The van der Waals surface area contributed by atoms with Crippen molar-refractivity contribution in [3.63, 3.8) is 0 Å². The SMILES string of the molecule is CCCC(N)C(=O)Cc1ccc(C)cc1OC. The van der Waals surface area contributed by atoms with Crippen LogP contribution in [-0.2, 0) is 11.2 Å². The van der Waals surface area contributed by atoms with Crippen molar-refractivity contribution in [2.24, 2.45) is 5.73 Å². The predicted octanol–water partition coefficient (Wildman–Crippen LogP) is 2.24. The zero-order valence-corrected chi connectivity index (χ0v) is 10.8. The summed E-state index contributed by atoms with van der Waals surface area (Å²) in [6.45, 7) is 4.02. The molecule has 3 nitrogen and oxygen atoms in total. The van der Waals surface area contributed by atoms with Crippen LogP contribution in [0.2, 0.25) is 0 Å². The summed E-state index contributed by atoms with van der Waals surface area (Å²) in [6.07, 6.45) is 2.02. The average Bonchev–Trinajstić information content (AvgIpc) is 2.31. The molecular weight excluding hydrogens is 214 g/mol. The molecule has 0 aromatic heterocycles. The highest BCUT2D eigenvalue weighted by Gasteiger charge is 2.15. The first-order chi connectivity index (χ1) is 8.08. The van der Waals surface area contributed by atoms with Crippen molar-refractivity contribution >= 4 is 5.78 Å². The minimum absolute atomic E-state index is 0.0778. The molecule has 3 heteroatoms. The van der Waals surface area contributed by atoms with Crippen LogP contribution >= 0.6 is 0 Å². The third-order valence-corrected chi connectivity index (χ3v) is 2.82. The topological polar surface area (TPSA) is 52.3 Å². The molecule has 1 rings (SSSR count). The van der Waals surface area contributed by atoms with Crippen LogP contribution in [0.1, 0.15) is 30.9 Å². The van der Waals surface area contributed by atoms with Gasteiger partial charge in [-0.1, -0.05) is 25.5 Å². The van der Waals surface area contributed by atoms with Crippen LogP contribution in [0.3, 0.4) is 0 Å². The van der Waals surface area contributed by atoms with E-state index in [0.717, 1.165) is 29.7 Å². The quantitative estimate of drug-likeness (QED) is 0.822. The van der Waals surface area contributed by atoms with E-state index in [4.69, 9.17) is 10.5 Å². The summed E-state index contributed by atoms with van der Waals surface area (Å²) < 4.78 is 5.27. The van der Waals surface area contributed by atoms with E-state index in [9.17, 15) is 4.79 Å². The Morgan fingerprint density at radius 2 is 2.18 bits per heavy atom. The summed E-state index contributed by atoms with van der Waals surface area (Å²) in [5.74, 6) is 0.844. The Balaban J connectivity index is 2.77. The Morgan fingerprint density at radius 1 is 1.47 bits per heavy atom. The molecule has 0 heterocycles. The lowest BCUT2D eigenvalue weighted by molar-refractivity contribution is -0.119. The van der Waals surface area contributed by atoms with Crippen molar-refractivity contribution in [1.29, 1.82) is 0 Å². The molecule has 0 spiro atoms. The van der Waals surface area contributed by atoms with Gasteiger partial charge in [-0.3, -0.25) is 4.79 Å². The number of Topliss-reactive ketones (excluding diaryl/α,β-unsaturated/α-hetero) is 1. The van der Waals surface area contributed by atoms with Gasteiger partial charge in [0, 0.05) is 12.0 Å². The van der Waals surface area contributed by atoms with Crippen LogP contribution in [0.15, 0.2) is 18.2 Å². The molecule has 94 valence electrons. The molecule has 0 saturated heterocycles. The summed E-state index contributed by atoms with van der Waals surface area (Å²) in [7, 11) is 1.62. The van der Waals surface area contributed by atoms with Gasteiger partial charge < -0.3 is 10.5 Å². The van der Waals surface area contributed by atoms with Gasteiger partial charge in [-0.2, -0.15) is 0 Å². The first-order valence-corrected chi connectivity index (χ1v) is 6.00. The summed E-state index contributed by atoms with van der Waals surface area (Å²) in [6, 6.07) is 5.50. The van der Waals surface area contributed by atoms with Crippen LogP contribution in [-0.4, -0.2) is 18.9 Å². The number of ketones is 1. The Labute approximate surface area is 103 Å². The van der Waals surface area contributed by atoms with Gasteiger partial charge in [0.25, 0.3) is 0 Å². The van der Waals surface area contributed by atoms with Crippen LogP contribution in [0, 0.1) is 6.92 Å². The number of rotatable bonds is 6. The largest absolute Gasteiger partial charge is 0.496 e. The number of carbonyl (C=O) groups is 1. The summed E-state index contributed by atoms with van der Waals surface area (Å²) in [5, 5.41) is 0. The van der Waals surface area contributed by atoms with Crippen LogP contribution in [0.25, 0.3) is 0 Å². The van der Waals surface area contributed by atoms with Gasteiger partial charge >= 0.3 is 0 Å². The van der Waals surface area contributed by atoms with Crippen molar-refractivity contribution in [3.05, 3.63) is 29.3 Å². The summed E-state index contributed by atoms with van der Waals surface area (Å²) >= 11 is 0. The van der Waals surface area contributed by atoms with E-state index in [1.54, 1.807) is 7.11 Å². The maximum Gasteiger partial charge on any atom is 0.154 e. The van der Waals surface area contributed by atoms with Crippen molar-refractivity contribution in [1.82, 2.24) is 0 Å². The molecule has 0 aliphatic heterocycles. The smallest absolute Gasteiger partial charge is 0.154 e. The molecule has 0 aliphatic rings. The number of aryl methyl sites for hydroxylation is 1. The number of nitrogens with two attached hydrogens (primary N) is 1. The first kappa shape index (κ1) is 13.7. The monoisotopic (exact) mass is 235 g/mol. The zero-order chi connectivity index (χ0) is 12.8. The van der Waals surface area contributed by atoms with Crippen molar-refractivity contribution in [2.45, 2.75) is 39.2 Å². The lowest BCUT2D eigenvalue weighted by Crippen LogP contribution is -2.31. The molecule has 0 amide bonds. The highest BCUT2D eigenvalue weighted by molar-refractivity contribution is 5.86. The highest BCUT2D eigenvalue weighted by atomic mass is 16.5. The third kappa shape index (κ3) is 3.86. The van der Waals surface area contributed by atoms with Crippen LogP contribution in [0.4, 0.5) is 0 Å². The molecule has 1 unspecified atom stereocenters. The second-order valence-electron chi connectivity index (χ2n) is 4.35. The number of methoxy groups -OCH3 is 1. The molecule has 2 N–H and O–H groups in total. The van der Waals surface area contributed by atoms with Crippen molar-refractivity contribution in [2.75, 3.05) is 7.11 Å². The van der Waals surface area contributed by atoms with E-state index in [1.807, 2.05) is 32.0 Å². The first-order valence-electron chi connectivity index (χ1n) is 6.00. The van der Waals surface area contributed by atoms with Gasteiger partial charge in [-0.05, 0) is 25.0 Å². The molecule has 0 radical (unpaired) electrons. The number of hydrogen-bond acceptors (Lipinski definition) is 3. The van der Waals surface area contributed by atoms with Crippen molar-refractivity contribution in [3.8, 4) is 5.75 Å².